The number of aromatic nitrogens is 3. The molecule has 0 amide bonds. The molecule has 2 heterocycles. The van der Waals surface area contributed by atoms with Gasteiger partial charge in [0.05, 0.1) is 5.52 Å². The first-order valence-electron chi connectivity index (χ1n) is 9.06. The molecule has 0 saturated heterocycles. The number of hydrogen-bond donors (Lipinski definition) is 0. The van der Waals surface area contributed by atoms with Crippen LogP contribution in [0.1, 0.15) is 49.1 Å². The quantitative estimate of drug-likeness (QED) is 0.677. The predicted octanol–water partition coefficient (Wildman–Crippen LogP) is 3.92. The molecule has 5 nitrogen and oxygen atoms in total. The number of nitrogens with zero attached hydrogens (tertiary/aromatic N) is 3. The van der Waals surface area contributed by atoms with Crippen LogP contribution in [0.2, 0.25) is 0 Å². The number of aryl methyl sites for hydroxylation is 2. The number of benzene rings is 1. The molecule has 1 aliphatic rings. The number of esters is 1. The molecule has 1 aromatic carbocycles. The van der Waals surface area contributed by atoms with Crippen LogP contribution in [0.3, 0.4) is 0 Å². The van der Waals surface area contributed by atoms with E-state index in [1.807, 2.05) is 42.6 Å². The normalized spacial score (nSPS) is 15.3. The van der Waals surface area contributed by atoms with Gasteiger partial charge in [-0.15, -0.1) is 0 Å². The smallest absolute Gasteiger partial charge is 0.306 e. The monoisotopic (exact) mass is 337 g/mol. The van der Waals surface area contributed by atoms with Crippen LogP contribution in [0.25, 0.3) is 16.6 Å². The Hall–Kier alpha value is -2.43. The summed E-state index contributed by atoms with van der Waals surface area (Å²) in [5.74, 6) is -0.101. The van der Waals surface area contributed by atoms with Crippen molar-refractivity contribution in [1.29, 1.82) is 0 Å². The second-order valence-electron chi connectivity index (χ2n) is 6.91. The summed E-state index contributed by atoms with van der Waals surface area (Å²) in [6, 6.07) is 8.03. The van der Waals surface area contributed by atoms with E-state index in [9.17, 15) is 4.79 Å². The number of carbonyl (C=O) groups is 1. The van der Waals surface area contributed by atoms with Crippen LogP contribution in [0.4, 0.5) is 0 Å². The molecule has 0 unspecified atom stereocenters. The predicted molar refractivity (Wildman–Crippen MR) is 96.6 cm³/mol. The van der Waals surface area contributed by atoms with E-state index in [2.05, 4.69) is 5.10 Å². The Morgan fingerprint density at radius 2 is 2.00 bits per heavy atom. The molecule has 5 heteroatoms. The van der Waals surface area contributed by atoms with Crippen LogP contribution in [0.15, 0.2) is 24.3 Å². The average Bonchev–Trinajstić information content (AvgIpc) is 3.22. The van der Waals surface area contributed by atoms with Gasteiger partial charge in [0.15, 0.2) is 5.65 Å². The average molecular weight is 337 g/mol. The van der Waals surface area contributed by atoms with Crippen molar-refractivity contribution in [3.63, 3.8) is 0 Å². The second kappa shape index (κ2) is 6.47. The zero-order valence-electron chi connectivity index (χ0n) is 14.8. The van der Waals surface area contributed by atoms with Gasteiger partial charge in [0.1, 0.15) is 6.10 Å². The van der Waals surface area contributed by atoms with E-state index in [4.69, 9.17) is 9.72 Å². The number of fused-ring (bicyclic) bond motifs is 3. The standard InChI is InChI=1S/C20H23N3O2/c1-13-16(11-12-19(24)25-15-7-3-4-8-15)14(2)23-20(21-13)17-9-5-6-10-18(17)22-23/h5-6,9-10,15H,3-4,7-8,11-12H2,1-2H3. The van der Waals surface area contributed by atoms with Crippen molar-refractivity contribution in [3.8, 4) is 0 Å². The summed E-state index contributed by atoms with van der Waals surface area (Å²) in [6.45, 7) is 4.05. The number of rotatable bonds is 4. The van der Waals surface area contributed by atoms with Gasteiger partial charge in [-0.1, -0.05) is 12.1 Å². The molecule has 0 N–H and O–H groups in total. The van der Waals surface area contributed by atoms with Gasteiger partial charge in [-0.05, 0) is 63.6 Å². The van der Waals surface area contributed by atoms with Crippen molar-refractivity contribution in [1.82, 2.24) is 14.6 Å². The highest BCUT2D eigenvalue weighted by molar-refractivity contribution is 5.92. The number of carbonyl (C=O) groups excluding carboxylic acids is 1. The van der Waals surface area contributed by atoms with Crippen LogP contribution in [-0.4, -0.2) is 26.7 Å². The molecule has 1 saturated carbocycles. The highest BCUT2D eigenvalue weighted by atomic mass is 16.5. The van der Waals surface area contributed by atoms with E-state index < -0.39 is 0 Å². The third-order valence-corrected chi connectivity index (χ3v) is 5.20. The Bertz CT molecular complexity index is 939. The zero-order valence-corrected chi connectivity index (χ0v) is 14.8. The first-order chi connectivity index (χ1) is 12.1. The maximum Gasteiger partial charge on any atom is 0.306 e. The first kappa shape index (κ1) is 16.1. The molecule has 0 spiro atoms. The summed E-state index contributed by atoms with van der Waals surface area (Å²) < 4.78 is 7.46. The summed E-state index contributed by atoms with van der Waals surface area (Å²) >= 11 is 0. The van der Waals surface area contributed by atoms with Crippen molar-refractivity contribution in [2.45, 2.75) is 58.5 Å². The summed E-state index contributed by atoms with van der Waals surface area (Å²) in [4.78, 5) is 16.9. The van der Waals surface area contributed by atoms with Gasteiger partial charge in [0, 0.05) is 23.2 Å². The van der Waals surface area contributed by atoms with Crippen LogP contribution >= 0.6 is 0 Å². The van der Waals surface area contributed by atoms with Gasteiger partial charge in [0.2, 0.25) is 0 Å². The minimum absolute atomic E-state index is 0.101. The van der Waals surface area contributed by atoms with E-state index in [1.165, 1.54) is 12.8 Å². The number of hydrogen-bond acceptors (Lipinski definition) is 4. The summed E-state index contributed by atoms with van der Waals surface area (Å²) in [6.07, 6.45) is 5.53. The molecule has 0 radical (unpaired) electrons. The minimum Gasteiger partial charge on any atom is -0.462 e. The molecule has 0 bridgehead atoms. The summed E-state index contributed by atoms with van der Waals surface area (Å²) in [5.41, 5.74) is 4.92. The van der Waals surface area contributed by atoms with E-state index in [-0.39, 0.29) is 12.1 Å². The molecule has 130 valence electrons. The van der Waals surface area contributed by atoms with Crippen LogP contribution < -0.4 is 0 Å². The molecular weight excluding hydrogens is 314 g/mol. The third kappa shape index (κ3) is 2.99. The molecule has 1 aliphatic carbocycles. The van der Waals surface area contributed by atoms with Crippen molar-refractivity contribution in [3.05, 3.63) is 41.2 Å². The highest BCUT2D eigenvalue weighted by Crippen LogP contribution is 2.24. The SMILES string of the molecule is Cc1nc2c3ccccc3nn2c(C)c1CCC(=O)OC1CCCC1. The van der Waals surface area contributed by atoms with Crippen LogP contribution in [0, 0.1) is 13.8 Å². The molecule has 25 heavy (non-hydrogen) atoms. The molecule has 0 atom stereocenters. The fourth-order valence-corrected chi connectivity index (χ4v) is 3.82. The Labute approximate surface area is 147 Å². The second-order valence-corrected chi connectivity index (χ2v) is 6.91. The zero-order chi connectivity index (χ0) is 17.4. The van der Waals surface area contributed by atoms with Crippen molar-refractivity contribution >= 4 is 22.5 Å². The maximum absolute atomic E-state index is 12.1. The lowest BCUT2D eigenvalue weighted by molar-refractivity contribution is -0.148. The van der Waals surface area contributed by atoms with Crippen LogP contribution in [0.5, 0.6) is 0 Å². The van der Waals surface area contributed by atoms with Gasteiger partial charge >= 0.3 is 5.97 Å². The fourth-order valence-electron chi connectivity index (χ4n) is 3.82. The van der Waals surface area contributed by atoms with Crippen molar-refractivity contribution in [2.75, 3.05) is 0 Å². The van der Waals surface area contributed by atoms with Gasteiger partial charge in [-0.2, -0.15) is 5.10 Å². The Morgan fingerprint density at radius 1 is 1.24 bits per heavy atom. The van der Waals surface area contributed by atoms with E-state index in [1.54, 1.807) is 0 Å². The van der Waals surface area contributed by atoms with Gasteiger partial charge in [-0.25, -0.2) is 9.50 Å². The minimum atomic E-state index is -0.101. The highest BCUT2D eigenvalue weighted by Gasteiger charge is 2.20. The van der Waals surface area contributed by atoms with E-state index >= 15 is 0 Å². The van der Waals surface area contributed by atoms with Gasteiger partial charge in [-0.3, -0.25) is 4.79 Å². The largest absolute Gasteiger partial charge is 0.462 e. The van der Waals surface area contributed by atoms with E-state index in [0.717, 1.165) is 46.3 Å². The first-order valence-corrected chi connectivity index (χ1v) is 9.06. The van der Waals surface area contributed by atoms with Crippen molar-refractivity contribution < 1.29 is 9.53 Å². The summed E-state index contributed by atoms with van der Waals surface area (Å²) in [5, 5.41) is 5.72. The van der Waals surface area contributed by atoms with E-state index in [0.29, 0.717) is 12.8 Å². The lowest BCUT2D eigenvalue weighted by Gasteiger charge is -2.13. The molecule has 3 aromatic rings. The third-order valence-electron chi connectivity index (χ3n) is 5.20. The molecule has 4 rings (SSSR count). The lowest BCUT2D eigenvalue weighted by atomic mass is 10.1. The molecular formula is C20H23N3O2. The fraction of sp³-hybridized carbons (Fsp3) is 0.450. The molecule has 2 aromatic heterocycles. The van der Waals surface area contributed by atoms with Gasteiger partial charge in [0.25, 0.3) is 0 Å². The topological polar surface area (TPSA) is 56.5 Å². The Kier molecular flexibility index (Phi) is 4.15. The Morgan fingerprint density at radius 3 is 2.80 bits per heavy atom. The molecule has 0 aliphatic heterocycles. The van der Waals surface area contributed by atoms with Gasteiger partial charge < -0.3 is 4.74 Å². The Balaban J connectivity index is 1.58. The summed E-state index contributed by atoms with van der Waals surface area (Å²) in [7, 11) is 0. The maximum atomic E-state index is 12.1. The van der Waals surface area contributed by atoms with Crippen LogP contribution in [-0.2, 0) is 16.0 Å². The lowest BCUT2D eigenvalue weighted by Crippen LogP contribution is -2.16. The number of ether oxygens (including phenoxy) is 1. The molecule has 1 fully saturated rings. The van der Waals surface area contributed by atoms with Crippen molar-refractivity contribution in [2.24, 2.45) is 0 Å².